The maximum Gasteiger partial charge on any atom is 0.222 e. The molecular formula is C82H168F2N2O16. The summed E-state index contributed by atoms with van der Waals surface area (Å²) in [7, 11) is 0. The van der Waals surface area contributed by atoms with Crippen LogP contribution in [0.5, 0.6) is 0 Å². The largest absolute Gasteiger partial charge is 0.394 e. The first-order chi connectivity index (χ1) is 45.8. The first-order valence-corrected chi connectivity index (χ1v) is 38.3. The Labute approximate surface area is 626 Å². The zero-order valence-corrected chi connectivity index (χ0v) is 72.9. The molecule has 3 saturated heterocycles. The molecular weight excluding hydrogens is 1310 g/mol. The second-order valence-corrected chi connectivity index (χ2v) is 38.3. The molecule has 4 N–H and O–H groups in total. The molecule has 0 aromatic carbocycles. The summed E-state index contributed by atoms with van der Waals surface area (Å²) >= 11 is 0. The van der Waals surface area contributed by atoms with Crippen LogP contribution in [0.3, 0.4) is 0 Å². The molecule has 5 rings (SSSR count). The summed E-state index contributed by atoms with van der Waals surface area (Å²) in [6, 6.07) is 2.30. The monoisotopic (exact) mass is 1480 g/mol. The Morgan fingerprint density at radius 3 is 1.30 bits per heavy atom. The van der Waals surface area contributed by atoms with Gasteiger partial charge >= 0.3 is 0 Å². The van der Waals surface area contributed by atoms with Gasteiger partial charge in [0.2, 0.25) is 5.91 Å². The van der Waals surface area contributed by atoms with E-state index in [-0.39, 0.29) is 87.2 Å². The van der Waals surface area contributed by atoms with E-state index < -0.39 is 31.2 Å². The number of nitrogens with zero attached hydrogens (tertiary/aromatic N) is 2. The number of carbonyl (C=O) groups is 1. The Morgan fingerprint density at radius 1 is 0.588 bits per heavy atom. The molecule has 5 aliphatic rings. The topological polar surface area (TPSA) is 227 Å². The molecule has 1 amide bonds. The molecule has 3 aliphatic heterocycles. The van der Waals surface area contributed by atoms with Gasteiger partial charge in [0.05, 0.1) is 139 Å². The van der Waals surface area contributed by atoms with Gasteiger partial charge < -0.3 is 77.4 Å². The molecule has 7 atom stereocenters. The van der Waals surface area contributed by atoms with Crippen LogP contribution in [0.15, 0.2) is 0 Å². The summed E-state index contributed by atoms with van der Waals surface area (Å²) < 4.78 is 83.0. The number of rotatable bonds is 21. The molecule has 0 radical (unpaired) electrons. The van der Waals surface area contributed by atoms with Crippen molar-refractivity contribution in [2.45, 2.75) is 413 Å². The third kappa shape index (κ3) is 83.9. The van der Waals surface area contributed by atoms with Gasteiger partial charge in [-0.25, -0.2) is 8.78 Å². The second kappa shape index (κ2) is 52.4. The average Bonchev–Trinajstić information content (AvgIpc) is 1.67. The molecule has 7 unspecified atom stereocenters. The van der Waals surface area contributed by atoms with Crippen molar-refractivity contribution >= 4 is 5.91 Å². The van der Waals surface area contributed by atoms with Gasteiger partial charge in [0.15, 0.2) is 0 Å². The summed E-state index contributed by atoms with van der Waals surface area (Å²) in [5.74, 6) is 1.44. The predicted molar refractivity (Wildman–Crippen MR) is 416 cm³/mol. The van der Waals surface area contributed by atoms with Crippen molar-refractivity contribution in [3.05, 3.63) is 0 Å². The lowest BCUT2D eigenvalue weighted by Gasteiger charge is -2.25. The smallest absolute Gasteiger partial charge is 0.222 e. The van der Waals surface area contributed by atoms with Gasteiger partial charge in [-0.05, 0) is 283 Å². The van der Waals surface area contributed by atoms with Gasteiger partial charge in [0, 0.05) is 32.7 Å². The van der Waals surface area contributed by atoms with Crippen LogP contribution in [0, 0.1) is 34.0 Å². The number of nitriles is 1. The van der Waals surface area contributed by atoms with Gasteiger partial charge in [0.1, 0.15) is 31.7 Å². The van der Waals surface area contributed by atoms with Crippen LogP contribution in [-0.2, 0) is 56.9 Å². The SMILES string of the molecule is CC(C)(C)OC(CF)CF.CC(C)(C)OC1CCOC1.CC(C)(C)OC1COCC1O.CC(C)(C)OCC(O)C1CC1.CC(C)(C)OCC1(C#N)CC1.CC(C)(C)OCCN1CCCC1=O.CC(C)COC(C)(C)C.CC(CO)OC(C)(C)C.CC(O)CCC(C)(C)C.CCC(C)OC(C)(C)C. The van der Waals surface area contributed by atoms with Crippen molar-refractivity contribution in [3.8, 4) is 6.07 Å². The fourth-order valence-corrected chi connectivity index (χ4v) is 8.34. The molecule has 2 aliphatic carbocycles. The van der Waals surface area contributed by atoms with Gasteiger partial charge in [0.25, 0.3) is 0 Å². The van der Waals surface area contributed by atoms with Gasteiger partial charge in [-0.15, -0.1) is 0 Å². The normalized spacial score (nSPS) is 19.7. The number of carbonyl (C=O) groups excluding carboxylic acids is 1. The molecule has 2 saturated carbocycles. The third-order valence-electron chi connectivity index (χ3n) is 13.7. The number of amides is 1. The molecule has 3 heterocycles. The van der Waals surface area contributed by atoms with Crippen LogP contribution in [-0.4, -0.2) is 216 Å². The van der Waals surface area contributed by atoms with E-state index in [9.17, 15) is 23.8 Å². The van der Waals surface area contributed by atoms with Crippen LogP contribution in [0.4, 0.5) is 8.78 Å². The van der Waals surface area contributed by atoms with Crippen molar-refractivity contribution < 1.29 is 86.1 Å². The summed E-state index contributed by atoms with van der Waals surface area (Å²) in [5.41, 5.74) is -0.808. The standard InChI is InChI=1S/C10H19NO2.C9H15NO.C9H18O2.C8H16O3.C8H16O2.3C8H18O.C7H14F2O.C7H16O2/c1-10(2,3)13-8-7-11-6-4-5-9(11)12;1-8(2,3)11-7-9(6-10)4-5-9;1-9(2,3)11-6-8(10)7-4-5-7;1-8(2,3)11-7-5-10-4-6(7)9;1-8(2,3)10-7-4-5-9-6-7;1-7(2)6-9-8(3,4)5;1-7(9)5-6-8(2,3)4;1-6-7(2)9-8(3,4)5;1-7(2,3)10-6(4-8)5-9;1-6(5-8)9-7(2,3)4/h4-8H2,1-3H3;4-5,7H2,1-3H3;7-8,10H,4-6H2,1-3H3;6-7,9H,4-5H2,1-3H3;7H,4-6H2,1-3H3;7H,6H2,1-5H3;7,9H,5-6H2,1-4H3;7H,6H2,1-5H3;6H,4-5H2,1-3H3;6,8H,5H2,1-4H3. The van der Waals surface area contributed by atoms with Crippen LogP contribution >= 0.6 is 0 Å². The van der Waals surface area contributed by atoms with Gasteiger partial charge in [-0.1, -0.05) is 41.5 Å². The summed E-state index contributed by atoms with van der Waals surface area (Å²) in [4.78, 5) is 13.1. The Bertz CT molecular complexity index is 1980. The summed E-state index contributed by atoms with van der Waals surface area (Å²) in [5, 5.41) is 44.9. The quantitative estimate of drug-likeness (QED) is 0.0838. The molecule has 0 spiro atoms. The highest BCUT2D eigenvalue weighted by atomic mass is 19.1. The second-order valence-electron chi connectivity index (χ2n) is 38.3. The lowest BCUT2D eigenvalue weighted by molar-refractivity contribution is -0.129. The highest BCUT2D eigenvalue weighted by Gasteiger charge is 2.44. The minimum absolute atomic E-state index is 0.0155. The van der Waals surface area contributed by atoms with E-state index >= 15 is 0 Å². The highest BCUT2D eigenvalue weighted by Crippen LogP contribution is 2.45. The first kappa shape index (κ1) is 109. The maximum atomic E-state index is 11.8. The maximum absolute atomic E-state index is 11.8. The number of aliphatic hydroxyl groups excluding tert-OH is 4. The molecule has 18 nitrogen and oxygen atoms in total. The third-order valence-corrected chi connectivity index (χ3v) is 13.7. The van der Waals surface area contributed by atoms with E-state index in [4.69, 9.17) is 67.6 Å². The number of likely N-dealkylation sites (tertiary alicyclic amines) is 1. The fraction of sp³-hybridized carbons (Fsp3) is 0.976. The zero-order valence-electron chi connectivity index (χ0n) is 72.9. The van der Waals surface area contributed by atoms with E-state index in [1.54, 1.807) is 20.8 Å². The first-order valence-electron chi connectivity index (χ1n) is 38.3. The lowest BCUT2D eigenvalue weighted by atomic mass is 9.89. The van der Waals surface area contributed by atoms with E-state index in [0.717, 1.165) is 84.3 Å². The van der Waals surface area contributed by atoms with Gasteiger partial charge in [-0.3, -0.25) is 4.79 Å². The van der Waals surface area contributed by atoms with E-state index in [0.29, 0.717) is 62.5 Å². The van der Waals surface area contributed by atoms with Crippen molar-refractivity contribution in [2.75, 3.05) is 85.9 Å². The minimum Gasteiger partial charge on any atom is -0.394 e. The Morgan fingerprint density at radius 2 is 1.05 bits per heavy atom. The average molecular weight is 1480 g/mol. The Hall–Kier alpha value is -1.78. The Kier molecular flexibility index (Phi) is 55.8. The Balaban J connectivity index is -0.000000343. The van der Waals surface area contributed by atoms with Crippen LogP contribution in [0.2, 0.25) is 0 Å². The number of hydrogen-bond donors (Lipinski definition) is 4. The molecule has 20 heteroatoms. The molecule has 616 valence electrons. The van der Waals surface area contributed by atoms with E-state index in [2.05, 4.69) is 117 Å². The van der Waals surface area contributed by atoms with Crippen molar-refractivity contribution in [3.63, 3.8) is 0 Å². The molecule has 0 bridgehead atoms. The van der Waals surface area contributed by atoms with Gasteiger partial charge in [-0.2, -0.15) is 5.26 Å². The predicted octanol–water partition coefficient (Wildman–Crippen LogP) is 17.8. The number of halogens is 2. The summed E-state index contributed by atoms with van der Waals surface area (Å²) in [6.45, 7) is 78.2. The molecule has 5 fully saturated rings. The summed E-state index contributed by atoms with van der Waals surface area (Å²) in [6.07, 6.45) is 9.10. The van der Waals surface area contributed by atoms with Crippen LogP contribution in [0.25, 0.3) is 0 Å². The fourth-order valence-electron chi connectivity index (χ4n) is 8.34. The molecule has 102 heavy (non-hydrogen) atoms. The number of aliphatic hydroxyl groups is 4. The van der Waals surface area contributed by atoms with Crippen LogP contribution in [0.1, 0.15) is 313 Å². The molecule has 0 aromatic rings. The van der Waals surface area contributed by atoms with Crippen LogP contribution < -0.4 is 0 Å². The van der Waals surface area contributed by atoms with E-state index in [1.165, 1.54) is 12.8 Å². The van der Waals surface area contributed by atoms with Crippen molar-refractivity contribution in [1.29, 1.82) is 5.26 Å². The number of alkyl halides is 2. The van der Waals surface area contributed by atoms with Crippen molar-refractivity contribution in [1.82, 2.24) is 4.90 Å². The van der Waals surface area contributed by atoms with E-state index in [1.807, 2.05) is 123 Å². The lowest BCUT2D eigenvalue weighted by Crippen LogP contribution is -2.34. The number of ether oxygens (including phenoxy) is 11. The number of hydrogen-bond acceptors (Lipinski definition) is 17. The van der Waals surface area contributed by atoms with Crippen molar-refractivity contribution in [2.24, 2.45) is 22.7 Å². The highest BCUT2D eigenvalue weighted by molar-refractivity contribution is 5.78. The zero-order chi connectivity index (χ0) is 81.2. The molecule has 0 aromatic heterocycles. The minimum atomic E-state index is -0.889.